The number of fused-ring (bicyclic) bond motifs is 1. The normalized spacial score (nSPS) is 22.9. The highest BCUT2D eigenvalue weighted by Crippen LogP contribution is 2.32. The van der Waals surface area contributed by atoms with Gasteiger partial charge in [-0.3, -0.25) is 5.01 Å². The standard InChI is InChI=1S/C16H21N5/c1-4-6-12(5-2)21-11(3)14(9-20-21)15-13-7-8-17-16(13)19-10-18-15/h4,7-12,14H,1,5-6H2,2-3H3,(H,17,18,19). The Morgan fingerprint density at radius 1 is 1.48 bits per heavy atom. The summed E-state index contributed by atoms with van der Waals surface area (Å²) in [6.45, 7) is 8.26. The van der Waals surface area contributed by atoms with Crippen LogP contribution in [0.2, 0.25) is 0 Å². The minimum Gasteiger partial charge on any atom is -0.346 e. The van der Waals surface area contributed by atoms with Gasteiger partial charge in [0, 0.05) is 17.8 Å². The van der Waals surface area contributed by atoms with Gasteiger partial charge in [0.1, 0.15) is 12.0 Å². The van der Waals surface area contributed by atoms with E-state index in [1.165, 1.54) is 0 Å². The zero-order valence-corrected chi connectivity index (χ0v) is 12.5. The van der Waals surface area contributed by atoms with Gasteiger partial charge in [-0.25, -0.2) is 9.97 Å². The van der Waals surface area contributed by atoms with Crippen LogP contribution < -0.4 is 0 Å². The molecule has 21 heavy (non-hydrogen) atoms. The predicted octanol–water partition coefficient (Wildman–Crippen LogP) is 3.09. The molecule has 0 spiro atoms. The van der Waals surface area contributed by atoms with Crippen molar-refractivity contribution in [3.8, 4) is 0 Å². The number of H-pyrrole nitrogens is 1. The Morgan fingerprint density at radius 2 is 2.33 bits per heavy atom. The first-order chi connectivity index (χ1) is 10.3. The third kappa shape index (κ3) is 2.33. The molecule has 0 bridgehead atoms. The molecule has 2 aromatic rings. The lowest BCUT2D eigenvalue weighted by atomic mass is 9.96. The number of hydrogen-bond donors (Lipinski definition) is 1. The molecule has 3 rings (SSSR count). The maximum Gasteiger partial charge on any atom is 0.140 e. The fourth-order valence-corrected chi connectivity index (χ4v) is 3.08. The molecular formula is C16H21N5. The van der Waals surface area contributed by atoms with E-state index >= 15 is 0 Å². The molecule has 3 heterocycles. The van der Waals surface area contributed by atoms with Gasteiger partial charge >= 0.3 is 0 Å². The summed E-state index contributed by atoms with van der Waals surface area (Å²) in [6, 6.07) is 2.74. The lowest BCUT2D eigenvalue weighted by Crippen LogP contribution is -2.36. The molecule has 5 heteroatoms. The zero-order valence-electron chi connectivity index (χ0n) is 12.5. The Balaban J connectivity index is 1.90. The summed E-state index contributed by atoms with van der Waals surface area (Å²) in [5.74, 6) is 0.199. The molecular weight excluding hydrogens is 262 g/mol. The highest BCUT2D eigenvalue weighted by Gasteiger charge is 2.33. The van der Waals surface area contributed by atoms with Crippen molar-refractivity contribution in [2.24, 2.45) is 5.10 Å². The van der Waals surface area contributed by atoms with Crippen molar-refractivity contribution in [2.75, 3.05) is 0 Å². The third-order valence-corrected chi connectivity index (χ3v) is 4.28. The predicted molar refractivity (Wildman–Crippen MR) is 85.3 cm³/mol. The van der Waals surface area contributed by atoms with E-state index in [1.807, 2.05) is 24.6 Å². The Bertz CT molecular complexity index is 659. The highest BCUT2D eigenvalue weighted by molar-refractivity contribution is 5.83. The van der Waals surface area contributed by atoms with Gasteiger partial charge in [-0.1, -0.05) is 13.0 Å². The quantitative estimate of drug-likeness (QED) is 0.858. The molecule has 0 radical (unpaired) electrons. The first-order valence-electron chi connectivity index (χ1n) is 7.47. The van der Waals surface area contributed by atoms with E-state index < -0.39 is 0 Å². The summed E-state index contributed by atoms with van der Waals surface area (Å²) in [5.41, 5.74) is 1.94. The molecule has 3 atom stereocenters. The van der Waals surface area contributed by atoms with Gasteiger partial charge in [-0.05, 0) is 25.8 Å². The van der Waals surface area contributed by atoms with Crippen LogP contribution >= 0.6 is 0 Å². The molecule has 1 aliphatic heterocycles. The molecule has 0 aliphatic carbocycles. The molecule has 0 fully saturated rings. The summed E-state index contributed by atoms with van der Waals surface area (Å²) in [7, 11) is 0. The van der Waals surface area contributed by atoms with Crippen LogP contribution in [0.4, 0.5) is 0 Å². The van der Waals surface area contributed by atoms with Crippen molar-refractivity contribution in [3.63, 3.8) is 0 Å². The van der Waals surface area contributed by atoms with Gasteiger partial charge < -0.3 is 4.98 Å². The van der Waals surface area contributed by atoms with E-state index in [1.54, 1.807) is 6.33 Å². The number of nitrogens with zero attached hydrogens (tertiary/aromatic N) is 4. The van der Waals surface area contributed by atoms with Gasteiger partial charge in [-0.2, -0.15) is 5.10 Å². The molecule has 110 valence electrons. The van der Waals surface area contributed by atoms with Gasteiger partial charge in [-0.15, -0.1) is 6.58 Å². The van der Waals surface area contributed by atoms with Crippen molar-refractivity contribution in [1.82, 2.24) is 20.0 Å². The average Bonchev–Trinajstić information content (AvgIpc) is 3.11. The minimum atomic E-state index is 0.199. The number of rotatable bonds is 5. The smallest absolute Gasteiger partial charge is 0.140 e. The molecule has 0 aromatic carbocycles. The van der Waals surface area contributed by atoms with Crippen LogP contribution in [0.15, 0.2) is 36.3 Å². The molecule has 5 nitrogen and oxygen atoms in total. The summed E-state index contributed by atoms with van der Waals surface area (Å²) in [6.07, 6.45) is 9.53. The number of aromatic amines is 1. The van der Waals surface area contributed by atoms with Crippen LogP contribution in [-0.4, -0.2) is 38.3 Å². The van der Waals surface area contributed by atoms with Crippen molar-refractivity contribution >= 4 is 17.2 Å². The molecule has 3 unspecified atom stereocenters. The van der Waals surface area contributed by atoms with E-state index in [0.717, 1.165) is 29.6 Å². The maximum absolute atomic E-state index is 4.65. The van der Waals surface area contributed by atoms with Gasteiger partial charge in [0.05, 0.1) is 23.7 Å². The molecule has 0 saturated heterocycles. The topological polar surface area (TPSA) is 57.2 Å². The summed E-state index contributed by atoms with van der Waals surface area (Å²) < 4.78 is 0. The molecule has 0 amide bonds. The lowest BCUT2D eigenvalue weighted by Gasteiger charge is -2.31. The number of nitrogens with one attached hydrogen (secondary N) is 1. The second kappa shape index (κ2) is 5.68. The van der Waals surface area contributed by atoms with Crippen LogP contribution in [0.5, 0.6) is 0 Å². The Morgan fingerprint density at radius 3 is 3.10 bits per heavy atom. The van der Waals surface area contributed by atoms with Crippen molar-refractivity contribution < 1.29 is 0 Å². The SMILES string of the molecule is C=CCC(CC)N1N=CC(c2ncnc3[nH]ccc23)C1C. The Kier molecular flexibility index (Phi) is 3.73. The van der Waals surface area contributed by atoms with Crippen LogP contribution in [-0.2, 0) is 0 Å². The van der Waals surface area contributed by atoms with Crippen LogP contribution in [0, 0.1) is 0 Å². The van der Waals surface area contributed by atoms with Crippen LogP contribution in [0.25, 0.3) is 11.0 Å². The first-order valence-corrected chi connectivity index (χ1v) is 7.47. The molecule has 2 aromatic heterocycles. The minimum absolute atomic E-state index is 0.199. The zero-order chi connectivity index (χ0) is 14.8. The Labute approximate surface area is 124 Å². The van der Waals surface area contributed by atoms with Crippen molar-refractivity contribution in [2.45, 2.75) is 44.7 Å². The van der Waals surface area contributed by atoms with E-state index in [2.05, 4.69) is 45.5 Å². The second-order valence-corrected chi connectivity index (χ2v) is 5.50. The molecule has 1 N–H and O–H groups in total. The summed E-state index contributed by atoms with van der Waals surface area (Å²) in [4.78, 5) is 11.9. The van der Waals surface area contributed by atoms with Gasteiger partial charge in [0.2, 0.25) is 0 Å². The van der Waals surface area contributed by atoms with Crippen LogP contribution in [0.1, 0.15) is 38.3 Å². The molecule has 1 aliphatic rings. The maximum atomic E-state index is 4.65. The number of hydrazone groups is 1. The van der Waals surface area contributed by atoms with E-state index in [-0.39, 0.29) is 5.92 Å². The van der Waals surface area contributed by atoms with Crippen molar-refractivity contribution in [3.05, 3.63) is 36.9 Å². The molecule has 0 saturated carbocycles. The van der Waals surface area contributed by atoms with Crippen LogP contribution in [0.3, 0.4) is 0 Å². The lowest BCUT2D eigenvalue weighted by molar-refractivity contribution is 0.158. The largest absolute Gasteiger partial charge is 0.346 e. The summed E-state index contributed by atoms with van der Waals surface area (Å²) >= 11 is 0. The van der Waals surface area contributed by atoms with Gasteiger partial charge in [0.15, 0.2) is 0 Å². The third-order valence-electron chi connectivity index (χ3n) is 4.28. The monoisotopic (exact) mass is 283 g/mol. The van der Waals surface area contributed by atoms with E-state index in [4.69, 9.17) is 0 Å². The number of hydrogen-bond acceptors (Lipinski definition) is 4. The second-order valence-electron chi connectivity index (χ2n) is 5.50. The number of aromatic nitrogens is 3. The highest BCUT2D eigenvalue weighted by atomic mass is 15.5. The fraction of sp³-hybridized carbons (Fsp3) is 0.438. The van der Waals surface area contributed by atoms with E-state index in [9.17, 15) is 0 Å². The fourth-order valence-electron chi connectivity index (χ4n) is 3.08. The van der Waals surface area contributed by atoms with E-state index in [0.29, 0.717) is 12.1 Å². The summed E-state index contributed by atoms with van der Waals surface area (Å²) in [5, 5.41) is 7.93. The first kappa shape index (κ1) is 13.8. The van der Waals surface area contributed by atoms with Crippen molar-refractivity contribution in [1.29, 1.82) is 0 Å². The van der Waals surface area contributed by atoms with Gasteiger partial charge in [0.25, 0.3) is 0 Å². The Hall–Kier alpha value is -2.17. The average molecular weight is 283 g/mol.